The zero-order valence-corrected chi connectivity index (χ0v) is 14.1. The van der Waals surface area contributed by atoms with Crippen LogP contribution in [0.5, 0.6) is 0 Å². The minimum absolute atomic E-state index is 0. The molecule has 27 heavy (non-hydrogen) atoms. The molecule has 0 aliphatic carbocycles. The van der Waals surface area contributed by atoms with Crippen LogP contribution in [0.15, 0.2) is 0 Å². The van der Waals surface area contributed by atoms with Crippen LogP contribution in [0, 0.1) is 0 Å². The Morgan fingerprint density at radius 2 is 1.41 bits per heavy atom. The maximum atomic E-state index is 12.2. The van der Waals surface area contributed by atoms with Crippen LogP contribution in [0.1, 0.15) is 59.8 Å². The molecule has 2 rings (SSSR count). The van der Waals surface area contributed by atoms with Crippen LogP contribution < -0.4 is 0 Å². The number of carboxylic acids is 1. The lowest BCUT2D eigenvalue weighted by molar-refractivity contribution is 0.0684. The van der Waals surface area contributed by atoms with E-state index in [0.717, 1.165) is 9.36 Å². The molecule has 2 aromatic heterocycles. The van der Waals surface area contributed by atoms with Gasteiger partial charge >= 0.3 is 5.97 Å². The summed E-state index contributed by atoms with van der Waals surface area (Å²) in [4.78, 5) is 20.8. The lowest BCUT2D eigenvalue weighted by atomic mass is 10.2. The molecule has 0 aliphatic rings. The molecule has 7 nitrogen and oxygen atoms in total. The van der Waals surface area contributed by atoms with Crippen molar-refractivity contribution in [3.05, 3.63) is 32.8 Å². The molecule has 0 atom stereocenters. The molecule has 0 bridgehead atoms. The van der Waals surface area contributed by atoms with Crippen molar-refractivity contribution in [2.75, 3.05) is 0 Å². The highest BCUT2D eigenvalue weighted by atomic mass is 35.5. The lowest BCUT2D eigenvalue weighted by Crippen LogP contribution is -2.00. The second-order valence-electron chi connectivity index (χ2n) is 4.41. The molecule has 0 saturated heterocycles. The van der Waals surface area contributed by atoms with Gasteiger partial charge in [-0.25, -0.2) is 22.4 Å². The number of halogens is 6. The van der Waals surface area contributed by atoms with E-state index in [2.05, 4.69) is 10.2 Å². The van der Waals surface area contributed by atoms with E-state index in [1.165, 1.54) is 14.1 Å². The van der Waals surface area contributed by atoms with E-state index in [1.807, 2.05) is 0 Å². The Labute approximate surface area is 162 Å². The molecule has 2 aromatic rings. The number of rotatable bonds is 4. The number of nitrogens with zero attached hydrogens (tertiary/aromatic N) is 4. The predicted molar refractivity (Wildman–Crippen MR) is 92.2 cm³/mol. The monoisotopic (exact) mass is 436 g/mol. The maximum absolute atomic E-state index is 12.2. The summed E-state index contributed by atoms with van der Waals surface area (Å²) in [6.45, 7) is 0. The van der Waals surface area contributed by atoms with Crippen LogP contribution in [0.4, 0.5) is 17.6 Å². The molecule has 0 spiro atoms. The molecule has 0 saturated carbocycles. The molecular weight excluding hydrogens is 419 g/mol. The van der Waals surface area contributed by atoms with Crippen LogP contribution in [0.2, 0.25) is 10.3 Å². The van der Waals surface area contributed by atoms with Crippen LogP contribution in [-0.2, 0) is 14.1 Å². The summed E-state index contributed by atoms with van der Waals surface area (Å²) in [6, 6.07) is 0. The number of carboxylic acid groups (broad SMARTS) is 1. The van der Waals surface area contributed by atoms with E-state index in [1.54, 1.807) is 0 Å². The Morgan fingerprint density at radius 3 is 1.70 bits per heavy atom. The largest absolute Gasteiger partial charge is 0.478 e. The fourth-order valence-electron chi connectivity index (χ4n) is 1.68. The van der Waals surface area contributed by atoms with Crippen molar-refractivity contribution in [2.45, 2.75) is 27.7 Å². The first kappa shape index (κ1) is 27.1. The Hall–Kier alpha value is -2.14. The van der Waals surface area contributed by atoms with E-state index in [-0.39, 0.29) is 37.0 Å². The topological polar surface area (TPSA) is 90.0 Å². The molecule has 0 aromatic carbocycles. The molecule has 0 aliphatic heterocycles. The number of hydrogen-bond donors (Lipinski definition) is 1. The first-order chi connectivity index (χ1) is 11.5. The molecule has 1 N–H and O–H groups in total. The van der Waals surface area contributed by atoms with Crippen molar-refractivity contribution in [1.29, 1.82) is 0 Å². The van der Waals surface area contributed by atoms with Crippen molar-refractivity contribution in [3.8, 4) is 0 Å². The number of aryl methyl sites for hydroxylation is 2. The van der Waals surface area contributed by atoms with Crippen LogP contribution in [0.3, 0.4) is 0 Å². The standard InChI is InChI=1S/C6H5ClF2N2O2.C6H5ClF2N2O.2CH4/c1-11-4(7)2(6(12)13)3(10-11)5(8)9;1-11-5(7)3(2-12)4(10-11)6(8)9;;/h5H,1H3,(H,12,13);2,6H,1H3;2*1H4. The highest BCUT2D eigenvalue weighted by Crippen LogP contribution is 2.27. The third-order valence-corrected chi connectivity index (χ3v) is 3.67. The van der Waals surface area contributed by atoms with Gasteiger partial charge in [0.15, 0.2) is 6.29 Å². The molecular formula is C14H18Cl2F4N4O3. The van der Waals surface area contributed by atoms with Crippen molar-refractivity contribution in [2.24, 2.45) is 14.1 Å². The third kappa shape index (κ3) is 5.93. The number of carbonyl (C=O) groups excluding carboxylic acids is 1. The number of hydrogen-bond acceptors (Lipinski definition) is 4. The summed E-state index contributed by atoms with van der Waals surface area (Å²) in [7, 11) is 2.68. The predicted octanol–water partition coefficient (Wildman–Crippen LogP) is 4.81. The Bertz CT molecular complexity index is 794. The van der Waals surface area contributed by atoms with Crippen molar-refractivity contribution < 1.29 is 32.3 Å². The smallest absolute Gasteiger partial charge is 0.341 e. The van der Waals surface area contributed by atoms with E-state index in [0.29, 0.717) is 0 Å². The van der Waals surface area contributed by atoms with Gasteiger partial charge in [-0.05, 0) is 0 Å². The fourth-order valence-corrected chi connectivity index (χ4v) is 2.08. The van der Waals surface area contributed by atoms with Gasteiger partial charge in [0.25, 0.3) is 12.9 Å². The van der Waals surface area contributed by atoms with Crippen LogP contribution >= 0.6 is 23.2 Å². The number of alkyl halides is 4. The van der Waals surface area contributed by atoms with Gasteiger partial charge in [0, 0.05) is 14.1 Å². The fraction of sp³-hybridized carbons (Fsp3) is 0.429. The highest BCUT2D eigenvalue weighted by Gasteiger charge is 2.26. The van der Waals surface area contributed by atoms with E-state index in [4.69, 9.17) is 28.3 Å². The number of aromatic carboxylic acids is 1. The summed E-state index contributed by atoms with van der Waals surface area (Å²) in [5.74, 6) is -1.51. The number of aldehydes is 1. The van der Waals surface area contributed by atoms with Crippen molar-refractivity contribution in [1.82, 2.24) is 19.6 Å². The summed E-state index contributed by atoms with van der Waals surface area (Å²) in [5, 5.41) is 14.8. The van der Waals surface area contributed by atoms with E-state index in [9.17, 15) is 27.2 Å². The minimum atomic E-state index is -2.94. The summed E-state index contributed by atoms with van der Waals surface area (Å²) >= 11 is 10.9. The molecule has 0 amide bonds. The second kappa shape index (κ2) is 10.9. The first-order valence-corrected chi connectivity index (χ1v) is 6.98. The molecule has 0 unspecified atom stereocenters. The Morgan fingerprint density at radius 1 is 1.00 bits per heavy atom. The molecule has 2 heterocycles. The summed E-state index contributed by atoms with van der Waals surface area (Å²) in [5.41, 5.74) is -2.26. The summed E-state index contributed by atoms with van der Waals surface area (Å²) < 4.78 is 50.5. The zero-order chi connectivity index (χ0) is 19.5. The van der Waals surface area contributed by atoms with E-state index < -0.39 is 35.8 Å². The summed E-state index contributed by atoms with van der Waals surface area (Å²) in [6.07, 6.45) is -5.44. The number of aromatic nitrogens is 4. The van der Waals surface area contributed by atoms with Gasteiger partial charge in [-0.2, -0.15) is 10.2 Å². The highest BCUT2D eigenvalue weighted by molar-refractivity contribution is 6.32. The van der Waals surface area contributed by atoms with Crippen LogP contribution in [0.25, 0.3) is 0 Å². The van der Waals surface area contributed by atoms with Gasteiger partial charge in [-0.15, -0.1) is 0 Å². The van der Waals surface area contributed by atoms with Gasteiger partial charge < -0.3 is 5.11 Å². The Balaban J connectivity index is 0. The van der Waals surface area contributed by atoms with E-state index >= 15 is 0 Å². The SMILES string of the molecule is C.C.Cn1nc(C(F)F)c(C(=O)O)c1Cl.Cn1nc(C(F)F)c(C=O)c1Cl. The van der Waals surface area contributed by atoms with Gasteiger partial charge in [0.2, 0.25) is 0 Å². The van der Waals surface area contributed by atoms with Crippen molar-refractivity contribution >= 4 is 35.5 Å². The molecule has 0 fully saturated rings. The average molecular weight is 437 g/mol. The lowest BCUT2D eigenvalue weighted by Gasteiger charge is -1.94. The van der Waals surface area contributed by atoms with Gasteiger partial charge in [0.1, 0.15) is 27.3 Å². The van der Waals surface area contributed by atoms with Gasteiger partial charge in [-0.3, -0.25) is 14.2 Å². The average Bonchev–Trinajstić information content (AvgIpc) is 2.98. The van der Waals surface area contributed by atoms with Gasteiger partial charge in [-0.1, -0.05) is 38.1 Å². The normalized spacial score (nSPS) is 10.0. The Kier molecular flexibility index (Phi) is 10.9. The third-order valence-electron chi connectivity index (χ3n) is 2.79. The van der Waals surface area contributed by atoms with Crippen LogP contribution in [-0.4, -0.2) is 36.9 Å². The van der Waals surface area contributed by atoms with Gasteiger partial charge in [0.05, 0.1) is 5.56 Å². The number of carbonyl (C=O) groups is 2. The molecule has 13 heteroatoms. The van der Waals surface area contributed by atoms with Crippen molar-refractivity contribution in [3.63, 3.8) is 0 Å². The second-order valence-corrected chi connectivity index (χ2v) is 5.13. The minimum Gasteiger partial charge on any atom is -0.478 e. The first-order valence-electron chi connectivity index (χ1n) is 6.22. The molecule has 0 radical (unpaired) electrons. The zero-order valence-electron chi connectivity index (χ0n) is 12.6. The molecule has 154 valence electrons. The quantitative estimate of drug-likeness (QED) is 0.548. The maximum Gasteiger partial charge on any atom is 0.341 e.